The van der Waals surface area contributed by atoms with Crippen LogP contribution in [0.1, 0.15) is 22.6 Å². The van der Waals surface area contributed by atoms with E-state index >= 15 is 0 Å². The second-order valence-electron chi connectivity index (χ2n) is 5.95. The number of hydrogen-bond donors (Lipinski definition) is 2. The van der Waals surface area contributed by atoms with Crippen LogP contribution in [0.5, 0.6) is 5.75 Å². The molecule has 0 fully saturated rings. The van der Waals surface area contributed by atoms with Gasteiger partial charge in [-0.1, -0.05) is 36.4 Å². The molecule has 128 valence electrons. The number of hydrogen-bond acceptors (Lipinski definition) is 3. The van der Waals surface area contributed by atoms with Crippen molar-refractivity contribution >= 4 is 11.4 Å². The summed E-state index contributed by atoms with van der Waals surface area (Å²) in [5, 5.41) is 6.36. The molecule has 0 heterocycles. The zero-order valence-corrected chi connectivity index (χ0v) is 14.9. The Morgan fingerprint density at radius 3 is 1.28 bits per heavy atom. The van der Waals surface area contributed by atoms with Crippen LogP contribution in [-0.2, 0) is 0 Å². The summed E-state index contributed by atoms with van der Waals surface area (Å²) in [5.74, 6) is 1.06. The lowest BCUT2D eigenvalue weighted by atomic mass is 9.85. The van der Waals surface area contributed by atoms with Gasteiger partial charge in [0.1, 0.15) is 5.75 Å². The van der Waals surface area contributed by atoms with Gasteiger partial charge in [0.25, 0.3) is 0 Å². The first-order valence-corrected chi connectivity index (χ1v) is 8.44. The van der Waals surface area contributed by atoms with E-state index in [9.17, 15) is 0 Å². The molecular formula is C22H24N2O. The molecule has 3 heteroatoms. The summed E-state index contributed by atoms with van der Waals surface area (Å²) in [4.78, 5) is 0. The first kappa shape index (κ1) is 16.9. The molecule has 25 heavy (non-hydrogen) atoms. The molecule has 0 atom stereocenters. The molecule has 3 aromatic rings. The van der Waals surface area contributed by atoms with Gasteiger partial charge in [-0.05, 0) is 53.1 Å². The smallest absolute Gasteiger partial charge is 0.118 e. The van der Waals surface area contributed by atoms with E-state index < -0.39 is 0 Å². The summed E-state index contributed by atoms with van der Waals surface area (Å²) in [6.45, 7) is 0. The quantitative estimate of drug-likeness (QED) is 0.626. The van der Waals surface area contributed by atoms with Crippen molar-refractivity contribution in [2.45, 2.75) is 5.92 Å². The van der Waals surface area contributed by atoms with Gasteiger partial charge in [-0.15, -0.1) is 0 Å². The van der Waals surface area contributed by atoms with E-state index in [1.165, 1.54) is 16.7 Å². The first-order valence-electron chi connectivity index (χ1n) is 8.44. The van der Waals surface area contributed by atoms with E-state index in [0.717, 1.165) is 17.1 Å². The second-order valence-corrected chi connectivity index (χ2v) is 5.95. The van der Waals surface area contributed by atoms with Crippen molar-refractivity contribution in [1.29, 1.82) is 0 Å². The van der Waals surface area contributed by atoms with Crippen LogP contribution >= 0.6 is 0 Å². The Labute approximate surface area is 149 Å². The summed E-state index contributed by atoms with van der Waals surface area (Å²) < 4.78 is 5.30. The van der Waals surface area contributed by atoms with Crippen molar-refractivity contribution in [2.24, 2.45) is 0 Å². The van der Waals surface area contributed by atoms with Gasteiger partial charge in [-0.3, -0.25) is 0 Å². The highest BCUT2D eigenvalue weighted by molar-refractivity contribution is 5.52. The molecule has 3 aromatic carbocycles. The van der Waals surface area contributed by atoms with Crippen LogP contribution in [0.3, 0.4) is 0 Å². The third-order valence-corrected chi connectivity index (χ3v) is 4.51. The maximum absolute atomic E-state index is 5.30. The molecule has 0 unspecified atom stereocenters. The van der Waals surface area contributed by atoms with Gasteiger partial charge in [0.05, 0.1) is 7.11 Å². The molecule has 0 aromatic heterocycles. The maximum Gasteiger partial charge on any atom is 0.118 e. The fourth-order valence-electron chi connectivity index (χ4n) is 3.06. The standard InChI is InChI=1S/C22H24N2O/c1-23-19-10-4-16(5-11-19)22(17-6-12-20(24-2)13-7-17)18-8-14-21(25-3)15-9-18/h4-15,22-24H,1-3H3. The zero-order valence-electron chi connectivity index (χ0n) is 14.9. The third-order valence-electron chi connectivity index (χ3n) is 4.51. The van der Waals surface area contributed by atoms with Crippen LogP contribution in [0.4, 0.5) is 11.4 Å². The average molecular weight is 332 g/mol. The predicted octanol–water partition coefficient (Wildman–Crippen LogP) is 4.96. The maximum atomic E-state index is 5.30. The van der Waals surface area contributed by atoms with Gasteiger partial charge in [0.2, 0.25) is 0 Å². The molecule has 3 nitrogen and oxygen atoms in total. The van der Waals surface area contributed by atoms with Gasteiger partial charge < -0.3 is 15.4 Å². The Kier molecular flexibility index (Phi) is 5.24. The normalized spacial score (nSPS) is 10.6. The Morgan fingerprint density at radius 1 is 0.600 bits per heavy atom. The number of benzene rings is 3. The number of anilines is 2. The van der Waals surface area contributed by atoms with Gasteiger partial charge in [-0.25, -0.2) is 0 Å². The summed E-state index contributed by atoms with van der Waals surface area (Å²) in [6, 6.07) is 25.5. The molecule has 0 amide bonds. The highest BCUT2D eigenvalue weighted by Crippen LogP contribution is 2.34. The molecule has 2 N–H and O–H groups in total. The lowest BCUT2D eigenvalue weighted by Crippen LogP contribution is -2.04. The second kappa shape index (κ2) is 7.75. The largest absolute Gasteiger partial charge is 0.497 e. The molecule has 0 spiro atoms. The van der Waals surface area contributed by atoms with Gasteiger partial charge in [0.15, 0.2) is 0 Å². The lowest BCUT2D eigenvalue weighted by molar-refractivity contribution is 0.414. The molecule has 0 aliphatic heterocycles. The fourth-order valence-corrected chi connectivity index (χ4v) is 3.06. The van der Waals surface area contributed by atoms with E-state index in [-0.39, 0.29) is 5.92 Å². The minimum Gasteiger partial charge on any atom is -0.497 e. The molecule has 0 aliphatic rings. The minimum absolute atomic E-state index is 0.183. The monoisotopic (exact) mass is 332 g/mol. The van der Waals surface area contributed by atoms with E-state index in [2.05, 4.69) is 71.3 Å². The minimum atomic E-state index is 0.183. The zero-order chi connectivity index (χ0) is 17.6. The highest BCUT2D eigenvalue weighted by atomic mass is 16.5. The average Bonchev–Trinajstić information content (AvgIpc) is 2.70. The Balaban J connectivity index is 2.04. The highest BCUT2D eigenvalue weighted by Gasteiger charge is 2.17. The van der Waals surface area contributed by atoms with Gasteiger partial charge in [0, 0.05) is 31.4 Å². The Bertz CT molecular complexity index is 680. The van der Waals surface area contributed by atoms with E-state index in [0.29, 0.717) is 0 Å². The van der Waals surface area contributed by atoms with Gasteiger partial charge in [-0.2, -0.15) is 0 Å². The number of nitrogens with one attached hydrogen (secondary N) is 2. The first-order chi connectivity index (χ1) is 12.2. The number of ether oxygens (including phenoxy) is 1. The van der Waals surface area contributed by atoms with E-state index in [1.807, 2.05) is 26.2 Å². The van der Waals surface area contributed by atoms with Crippen LogP contribution < -0.4 is 15.4 Å². The third kappa shape index (κ3) is 3.77. The lowest BCUT2D eigenvalue weighted by Gasteiger charge is -2.20. The summed E-state index contributed by atoms with van der Waals surface area (Å²) >= 11 is 0. The Morgan fingerprint density at radius 2 is 0.960 bits per heavy atom. The summed E-state index contributed by atoms with van der Waals surface area (Å²) in [7, 11) is 5.57. The SMILES string of the molecule is CNc1ccc(C(c2ccc(NC)cc2)c2ccc(OC)cc2)cc1. The topological polar surface area (TPSA) is 33.3 Å². The molecule has 0 aliphatic carbocycles. The molecule has 0 saturated carbocycles. The molecule has 0 radical (unpaired) electrons. The van der Waals surface area contributed by atoms with Crippen molar-refractivity contribution in [3.63, 3.8) is 0 Å². The number of methoxy groups -OCH3 is 1. The van der Waals surface area contributed by atoms with Gasteiger partial charge >= 0.3 is 0 Å². The van der Waals surface area contributed by atoms with Crippen LogP contribution in [0.2, 0.25) is 0 Å². The van der Waals surface area contributed by atoms with Crippen molar-refractivity contribution in [3.05, 3.63) is 89.5 Å². The van der Waals surface area contributed by atoms with Crippen LogP contribution in [0.15, 0.2) is 72.8 Å². The van der Waals surface area contributed by atoms with Crippen molar-refractivity contribution in [3.8, 4) is 5.75 Å². The van der Waals surface area contributed by atoms with E-state index in [4.69, 9.17) is 4.74 Å². The van der Waals surface area contributed by atoms with Crippen molar-refractivity contribution in [2.75, 3.05) is 31.8 Å². The van der Waals surface area contributed by atoms with Crippen molar-refractivity contribution in [1.82, 2.24) is 0 Å². The Hall–Kier alpha value is -2.94. The van der Waals surface area contributed by atoms with Crippen LogP contribution in [0.25, 0.3) is 0 Å². The predicted molar refractivity (Wildman–Crippen MR) is 106 cm³/mol. The summed E-state index contributed by atoms with van der Waals surface area (Å²) in [6.07, 6.45) is 0. The molecule has 0 saturated heterocycles. The van der Waals surface area contributed by atoms with Crippen molar-refractivity contribution < 1.29 is 4.74 Å². The number of rotatable bonds is 6. The van der Waals surface area contributed by atoms with Crippen LogP contribution in [-0.4, -0.2) is 21.2 Å². The van der Waals surface area contributed by atoms with E-state index in [1.54, 1.807) is 7.11 Å². The summed E-state index contributed by atoms with van der Waals surface area (Å²) in [5.41, 5.74) is 6.00. The molecule has 0 bridgehead atoms. The van der Waals surface area contributed by atoms with Crippen LogP contribution in [0, 0.1) is 0 Å². The molecule has 3 rings (SSSR count). The fraction of sp³-hybridized carbons (Fsp3) is 0.182. The molecular weight excluding hydrogens is 308 g/mol.